The molecule has 1 fully saturated rings. The number of nitrogens with zero attached hydrogens (tertiary/aromatic N) is 2. The maximum absolute atomic E-state index is 13.5. The SMILES string of the molecule is C/C=C/C1=CC=C2OC(S(=O)(=O)N3CCCC3C(=O)CCCCc3cccc([C@H](C)Cc4ccnc(C(F)(F)F)c4)c3)=CC2C1. The fraction of sp³-hybridized carbons (Fsp3) is 0.429. The highest BCUT2D eigenvalue weighted by Crippen LogP contribution is 2.39. The fourth-order valence-corrected chi connectivity index (χ4v) is 8.02. The van der Waals surface area contributed by atoms with Crippen LogP contribution in [0.25, 0.3) is 0 Å². The van der Waals surface area contributed by atoms with Crippen molar-refractivity contribution in [2.75, 3.05) is 6.54 Å². The molecule has 1 aliphatic carbocycles. The summed E-state index contributed by atoms with van der Waals surface area (Å²) in [6.07, 6.45) is 10.8. The Morgan fingerprint density at radius 3 is 2.76 bits per heavy atom. The number of ketones is 1. The van der Waals surface area contributed by atoms with Crippen LogP contribution < -0.4 is 0 Å². The largest absolute Gasteiger partial charge is 0.448 e. The minimum Gasteiger partial charge on any atom is -0.448 e. The lowest BCUT2D eigenvalue weighted by molar-refractivity contribution is -0.141. The number of aryl methyl sites for hydroxylation is 1. The number of carbonyl (C=O) groups excluding carboxylic acids is 1. The number of hydrogen-bond acceptors (Lipinski definition) is 5. The van der Waals surface area contributed by atoms with Gasteiger partial charge in [0.2, 0.25) is 5.09 Å². The lowest BCUT2D eigenvalue weighted by Crippen LogP contribution is -2.41. The van der Waals surface area contributed by atoms with Gasteiger partial charge in [0.05, 0.1) is 6.04 Å². The van der Waals surface area contributed by atoms with Crippen LogP contribution >= 0.6 is 0 Å². The number of aromatic nitrogens is 1. The summed E-state index contributed by atoms with van der Waals surface area (Å²) in [4.78, 5) is 16.7. The predicted molar refractivity (Wildman–Crippen MR) is 167 cm³/mol. The van der Waals surface area contributed by atoms with E-state index >= 15 is 0 Å². The predicted octanol–water partition coefficient (Wildman–Crippen LogP) is 7.80. The topological polar surface area (TPSA) is 76.6 Å². The van der Waals surface area contributed by atoms with Crippen LogP contribution in [0.2, 0.25) is 0 Å². The minimum atomic E-state index is -4.47. The molecular formula is C35H39F3N2O4S. The number of Topliss-reactive ketones (excluding diaryl/α,β-unsaturated/α-hetero) is 1. The summed E-state index contributed by atoms with van der Waals surface area (Å²) in [7, 11) is -3.93. The van der Waals surface area contributed by atoms with Crippen LogP contribution in [0.15, 0.2) is 89.4 Å². The van der Waals surface area contributed by atoms with Gasteiger partial charge in [0.15, 0.2) is 5.78 Å². The van der Waals surface area contributed by atoms with Gasteiger partial charge in [0.25, 0.3) is 10.0 Å². The first kappa shape index (κ1) is 32.9. The molecule has 1 saturated heterocycles. The van der Waals surface area contributed by atoms with Crippen molar-refractivity contribution in [2.24, 2.45) is 5.92 Å². The van der Waals surface area contributed by atoms with Crippen molar-refractivity contribution < 1.29 is 31.1 Å². The quantitative estimate of drug-likeness (QED) is 0.221. The molecule has 6 nitrogen and oxygen atoms in total. The Labute approximate surface area is 263 Å². The van der Waals surface area contributed by atoms with Gasteiger partial charge >= 0.3 is 6.18 Å². The zero-order chi connectivity index (χ0) is 32.2. The van der Waals surface area contributed by atoms with Crippen molar-refractivity contribution in [3.8, 4) is 0 Å². The minimum absolute atomic E-state index is 0.0102. The van der Waals surface area contributed by atoms with E-state index in [9.17, 15) is 26.4 Å². The highest BCUT2D eigenvalue weighted by Gasteiger charge is 2.43. The summed E-state index contributed by atoms with van der Waals surface area (Å²) in [5.41, 5.74) is 2.93. The lowest BCUT2D eigenvalue weighted by Gasteiger charge is -2.23. The number of unbranched alkanes of at least 4 members (excludes halogenated alkanes) is 1. The van der Waals surface area contributed by atoms with Crippen molar-refractivity contribution in [3.63, 3.8) is 0 Å². The molecule has 0 radical (unpaired) electrons. The van der Waals surface area contributed by atoms with Crippen molar-refractivity contribution in [3.05, 3.63) is 112 Å². The molecular weight excluding hydrogens is 601 g/mol. The number of fused-ring (bicyclic) bond motifs is 1. The van der Waals surface area contributed by atoms with Gasteiger partial charge in [0, 0.05) is 25.1 Å². The van der Waals surface area contributed by atoms with Gasteiger partial charge in [-0.2, -0.15) is 17.5 Å². The Morgan fingerprint density at radius 1 is 1.16 bits per heavy atom. The van der Waals surface area contributed by atoms with Gasteiger partial charge in [0.1, 0.15) is 11.5 Å². The molecule has 0 spiro atoms. The van der Waals surface area contributed by atoms with Gasteiger partial charge < -0.3 is 4.74 Å². The normalized spacial score (nSPS) is 21.2. The third-order valence-electron chi connectivity index (χ3n) is 8.67. The van der Waals surface area contributed by atoms with Crippen molar-refractivity contribution >= 4 is 15.8 Å². The van der Waals surface area contributed by atoms with Crippen LogP contribution in [0, 0.1) is 5.92 Å². The molecule has 5 rings (SSSR count). The molecule has 0 N–H and O–H groups in total. The van der Waals surface area contributed by atoms with E-state index in [1.54, 1.807) is 12.1 Å². The Kier molecular flexibility index (Phi) is 10.1. The van der Waals surface area contributed by atoms with Crippen molar-refractivity contribution in [1.82, 2.24) is 9.29 Å². The van der Waals surface area contributed by atoms with Crippen molar-refractivity contribution in [1.29, 1.82) is 0 Å². The summed E-state index contributed by atoms with van der Waals surface area (Å²) in [5, 5.41) is -0.0765. The zero-order valence-electron chi connectivity index (χ0n) is 25.6. The van der Waals surface area contributed by atoms with Crippen LogP contribution in [-0.2, 0) is 38.6 Å². The van der Waals surface area contributed by atoms with E-state index in [4.69, 9.17) is 4.74 Å². The number of pyridine rings is 1. The number of alkyl halides is 3. The van der Waals surface area contributed by atoms with Crippen LogP contribution in [-0.4, -0.2) is 36.1 Å². The molecule has 3 heterocycles. The number of rotatable bonds is 12. The molecule has 2 aliphatic heterocycles. The molecule has 0 amide bonds. The Balaban J connectivity index is 1.12. The summed E-state index contributed by atoms with van der Waals surface area (Å²) >= 11 is 0. The number of benzene rings is 1. The molecule has 10 heteroatoms. The number of carbonyl (C=O) groups is 1. The fourth-order valence-electron chi connectivity index (χ4n) is 6.32. The van der Waals surface area contributed by atoms with Gasteiger partial charge in [-0.15, -0.1) is 0 Å². The first-order valence-corrected chi connectivity index (χ1v) is 17.0. The monoisotopic (exact) mass is 640 g/mol. The number of halogens is 3. The number of allylic oxidation sites excluding steroid dienone is 6. The average Bonchev–Trinajstić information content (AvgIpc) is 3.68. The highest BCUT2D eigenvalue weighted by molar-refractivity contribution is 7.92. The molecule has 3 aliphatic rings. The van der Waals surface area contributed by atoms with E-state index < -0.39 is 27.9 Å². The Hall–Kier alpha value is -3.50. The molecule has 1 aromatic heterocycles. The summed E-state index contributed by atoms with van der Waals surface area (Å²) < 4.78 is 73.4. The van der Waals surface area contributed by atoms with Crippen LogP contribution in [0.5, 0.6) is 0 Å². The van der Waals surface area contributed by atoms with E-state index in [0.29, 0.717) is 56.4 Å². The second kappa shape index (κ2) is 13.9. The van der Waals surface area contributed by atoms with Gasteiger partial charge in [-0.1, -0.05) is 49.4 Å². The Bertz CT molecular complexity index is 1640. The van der Waals surface area contributed by atoms with Crippen molar-refractivity contribution in [2.45, 2.75) is 83.4 Å². The standard InChI is InChI=1S/C35H39F3N2O4S/c1-3-8-25-14-15-32-29(21-25)23-34(44-32)45(42,43)40-18-7-12-30(40)31(41)13-5-4-9-26-10-6-11-28(20-26)24(2)19-27-16-17-39-33(22-27)35(36,37)38/h3,6,8,10-11,14-17,20,22-24,29-30H,4-5,7,9,12-13,18-19,21H2,1-2H3/b8-3+/t24-,29?,30?/m1/s1. The lowest BCUT2D eigenvalue weighted by atomic mass is 9.92. The maximum atomic E-state index is 13.5. The second-order valence-electron chi connectivity index (χ2n) is 12.1. The molecule has 1 aromatic carbocycles. The van der Waals surface area contributed by atoms with Crippen LogP contribution in [0.4, 0.5) is 13.2 Å². The van der Waals surface area contributed by atoms with E-state index in [1.165, 1.54) is 10.5 Å². The first-order valence-electron chi connectivity index (χ1n) is 15.5. The average molecular weight is 641 g/mol. The molecule has 0 bridgehead atoms. The molecule has 0 saturated carbocycles. The second-order valence-corrected chi connectivity index (χ2v) is 13.9. The molecule has 45 heavy (non-hydrogen) atoms. The van der Waals surface area contributed by atoms with Crippen LogP contribution in [0.1, 0.15) is 80.7 Å². The van der Waals surface area contributed by atoms with E-state index in [2.05, 4.69) is 11.1 Å². The Morgan fingerprint density at radius 2 is 1.98 bits per heavy atom. The highest BCUT2D eigenvalue weighted by atomic mass is 32.2. The number of hydrogen-bond donors (Lipinski definition) is 0. The van der Waals surface area contributed by atoms with Gasteiger partial charge in [-0.3, -0.25) is 9.78 Å². The molecule has 240 valence electrons. The third-order valence-corrected chi connectivity index (χ3v) is 10.5. The van der Waals surface area contributed by atoms with Gasteiger partial charge in [-0.25, -0.2) is 8.42 Å². The van der Waals surface area contributed by atoms with E-state index in [1.807, 2.05) is 56.4 Å². The molecule has 2 aromatic rings. The number of ether oxygens (including phenoxy) is 1. The first-order chi connectivity index (χ1) is 21.5. The molecule has 3 atom stereocenters. The maximum Gasteiger partial charge on any atom is 0.433 e. The number of sulfonamides is 1. The van der Waals surface area contributed by atoms with E-state index in [-0.39, 0.29) is 22.7 Å². The summed E-state index contributed by atoms with van der Waals surface area (Å²) in [6.45, 7) is 4.23. The zero-order valence-corrected chi connectivity index (χ0v) is 26.4. The van der Waals surface area contributed by atoms with Gasteiger partial charge in [-0.05, 0) is 104 Å². The third kappa shape index (κ3) is 7.84. The summed E-state index contributed by atoms with van der Waals surface area (Å²) in [5.74, 6) is 0.440. The van der Waals surface area contributed by atoms with E-state index in [0.717, 1.165) is 35.6 Å². The smallest absolute Gasteiger partial charge is 0.433 e. The molecule has 2 unspecified atom stereocenters. The summed E-state index contributed by atoms with van der Waals surface area (Å²) in [6, 6.07) is 10.1. The van der Waals surface area contributed by atoms with Crippen LogP contribution in [0.3, 0.4) is 0 Å².